The van der Waals surface area contributed by atoms with E-state index in [4.69, 9.17) is 9.47 Å². The molecule has 2 amide bonds. The number of carbonyl (C=O) groups excluding carboxylic acids is 3. The van der Waals surface area contributed by atoms with Crippen molar-refractivity contribution in [2.45, 2.75) is 25.9 Å². The van der Waals surface area contributed by atoms with Crippen LogP contribution in [0.4, 0.5) is 5.00 Å². The number of imidazole rings is 1. The predicted molar refractivity (Wildman–Crippen MR) is 125 cm³/mol. The van der Waals surface area contributed by atoms with E-state index in [1.807, 2.05) is 25.1 Å². The van der Waals surface area contributed by atoms with Crippen LogP contribution >= 0.6 is 23.1 Å². The van der Waals surface area contributed by atoms with E-state index >= 15 is 0 Å². The van der Waals surface area contributed by atoms with Crippen molar-refractivity contribution in [3.05, 3.63) is 34.2 Å². The van der Waals surface area contributed by atoms with Crippen LogP contribution in [0.1, 0.15) is 39.4 Å². The molecule has 32 heavy (non-hydrogen) atoms. The van der Waals surface area contributed by atoms with Crippen LogP contribution < -0.4 is 15.4 Å². The molecule has 0 spiro atoms. The molecule has 0 fully saturated rings. The van der Waals surface area contributed by atoms with Crippen LogP contribution in [0.25, 0.3) is 11.0 Å². The second kappa shape index (κ2) is 10.5. The number of aromatic amines is 1. The van der Waals surface area contributed by atoms with Crippen molar-refractivity contribution in [2.75, 3.05) is 31.3 Å². The third-order valence-electron chi connectivity index (χ3n) is 4.40. The minimum atomic E-state index is -0.582. The molecule has 0 unspecified atom stereocenters. The number of ether oxygens (including phenoxy) is 2. The number of nitrogens with one attached hydrogen (secondary N) is 3. The van der Waals surface area contributed by atoms with Crippen LogP contribution in [0.5, 0.6) is 5.75 Å². The highest BCUT2D eigenvalue weighted by Crippen LogP contribution is 2.34. The monoisotopic (exact) mass is 476 g/mol. The first-order valence-electron chi connectivity index (χ1n) is 9.95. The average molecular weight is 477 g/mol. The molecule has 1 aromatic carbocycles. The summed E-state index contributed by atoms with van der Waals surface area (Å²) in [5, 5.41) is 6.15. The lowest BCUT2D eigenvalue weighted by Crippen LogP contribution is -2.18. The summed E-state index contributed by atoms with van der Waals surface area (Å²) < 4.78 is 10.6. The van der Waals surface area contributed by atoms with Crippen molar-refractivity contribution in [1.82, 2.24) is 15.3 Å². The van der Waals surface area contributed by atoms with Crippen molar-refractivity contribution in [2.24, 2.45) is 0 Å². The number of amides is 2. The number of hydrogen-bond donors (Lipinski definition) is 3. The summed E-state index contributed by atoms with van der Waals surface area (Å²) in [5.74, 6) is -0.444. The molecule has 0 radical (unpaired) electrons. The lowest BCUT2D eigenvalue weighted by Gasteiger charge is -2.06. The number of carbonyl (C=O) groups is 3. The molecule has 0 saturated heterocycles. The summed E-state index contributed by atoms with van der Waals surface area (Å²) >= 11 is 2.27. The highest BCUT2D eigenvalue weighted by atomic mass is 32.2. The van der Waals surface area contributed by atoms with Gasteiger partial charge in [-0.25, -0.2) is 9.78 Å². The quantitative estimate of drug-likeness (QED) is 0.319. The first-order valence-corrected chi connectivity index (χ1v) is 11.8. The Morgan fingerprint density at radius 2 is 2.00 bits per heavy atom. The fourth-order valence-electron chi connectivity index (χ4n) is 2.97. The second-order valence-corrected chi connectivity index (χ2v) is 8.54. The predicted octanol–water partition coefficient (Wildman–Crippen LogP) is 3.60. The Bertz CT molecular complexity index is 1150. The SMILES string of the molecule is CCOC(=O)c1c(NC(=O)CSc2nc3ccc(OCC)cc3[nH]2)sc(C(=O)NC)c1C. The van der Waals surface area contributed by atoms with E-state index in [2.05, 4.69) is 20.6 Å². The van der Waals surface area contributed by atoms with Gasteiger partial charge in [-0.2, -0.15) is 0 Å². The Morgan fingerprint density at radius 1 is 1.22 bits per heavy atom. The molecule has 3 aromatic rings. The van der Waals surface area contributed by atoms with Gasteiger partial charge in [0.1, 0.15) is 10.8 Å². The molecule has 0 atom stereocenters. The van der Waals surface area contributed by atoms with Crippen LogP contribution in [0.15, 0.2) is 23.4 Å². The summed E-state index contributed by atoms with van der Waals surface area (Å²) in [6.45, 7) is 6.02. The molecule has 2 aromatic heterocycles. The summed E-state index contributed by atoms with van der Waals surface area (Å²) in [6.07, 6.45) is 0. The van der Waals surface area contributed by atoms with Gasteiger partial charge >= 0.3 is 5.97 Å². The number of nitrogens with zero attached hydrogens (tertiary/aromatic N) is 1. The van der Waals surface area contributed by atoms with E-state index in [0.29, 0.717) is 22.2 Å². The van der Waals surface area contributed by atoms with Gasteiger partial charge in [0.15, 0.2) is 5.16 Å². The van der Waals surface area contributed by atoms with Crippen LogP contribution in [0.2, 0.25) is 0 Å². The van der Waals surface area contributed by atoms with Gasteiger partial charge in [-0.1, -0.05) is 11.8 Å². The zero-order valence-electron chi connectivity index (χ0n) is 18.2. The van der Waals surface area contributed by atoms with Gasteiger partial charge < -0.3 is 25.1 Å². The minimum absolute atomic E-state index is 0.0622. The van der Waals surface area contributed by atoms with E-state index in [9.17, 15) is 14.4 Å². The number of anilines is 1. The third-order valence-corrected chi connectivity index (χ3v) is 6.47. The average Bonchev–Trinajstić information content (AvgIpc) is 3.32. The molecule has 9 nitrogen and oxygen atoms in total. The highest BCUT2D eigenvalue weighted by molar-refractivity contribution is 7.99. The van der Waals surface area contributed by atoms with Gasteiger partial charge in [0.2, 0.25) is 5.91 Å². The summed E-state index contributed by atoms with van der Waals surface area (Å²) in [6, 6.07) is 5.55. The zero-order chi connectivity index (χ0) is 23.3. The Morgan fingerprint density at radius 3 is 2.69 bits per heavy atom. The molecular weight excluding hydrogens is 452 g/mol. The number of benzene rings is 1. The first kappa shape index (κ1) is 23.6. The summed E-state index contributed by atoms with van der Waals surface area (Å²) in [5.41, 5.74) is 2.25. The molecule has 170 valence electrons. The zero-order valence-corrected chi connectivity index (χ0v) is 19.8. The van der Waals surface area contributed by atoms with Crippen molar-refractivity contribution in [3.63, 3.8) is 0 Å². The van der Waals surface area contributed by atoms with Crippen LogP contribution in [-0.2, 0) is 9.53 Å². The number of hydrogen-bond acceptors (Lipinski definition) is 8. The number of rotatable bonds is 9. The van der Waals surface area contributed by atoms with Gasteiger partial charge in [-0.15, -0.1) is 11.3 Å². The van der Waals surface area contributed by atoms with Crippen LogP contribution in [0.3, 0.4) is 0 Å². The first-order chi connectivity index (χ1) is 15.4. The van der Waals surface area contributed by atoms with E-state index in [1.165, 1.54) is 18.8 Å². The maximum absolute atomic E-state index is 12.6. The van der Waals surface area contributed by atoms with Gasteiger partial charge in [-0.3, -0.25) is 9.59 Å². The maximum atomic E-state index is 12.6. The number of esters is 1. The normalized spacial score (nSPS) is 10.8. The highest BCUT2D eigenvalue weighted by Gasteiger charge is 2.26. The van der Waals surface area contributed by atoms with Crippen molar-refractivity contribution < 1.29 is 23.9 Å². The Kier molecular flexibility index (Phi) is 7.75. The Hall–Kier alpha value is -3.05. The fourth-order valence-corrected chi connectivity index (χ4v) is 4.81. The fraction of sp³-hybridized carbons (Fsp3) is 0.333. The number of thioether (sulfide) groups is 1. The Labute approximate surface area is 193 Å². The smallest absolute Gasteiger partial charge is 0.341 e. The van der Waals surface area contributed by atoms with Gasteiger partial charge in [0, 0.05) is 13.1 Å². The molecule has 3 N–H and O–H groups in total. The number of aromatic nitrogens is 2. The van der Waals surface area contributed by atoms with E-state index in [0.717, 1.165) is 28.1 Å². The topological polar surface area (TPSA) is 122 Å². The second-order valence-electron chi connectivity index (χ2n) is 6.55. The van der Waals surface area contributed by atoms with Gasteiger partial charge in [-0.05, 0) is 38.5 Å². The van der Waals surface area contributed by atoms with E-state index in [1.54, 1.807) is 13.8 Å². The van der Waals surface area contributed by atoms with E-state index in [-0.39, 0.29) is 34.7 Å². The van der Waals surface area contributed by atoms with Crippen LogP contribution in [-0.4, -0.2) is 53.8 Å². The molecule has 0 aliphatic carbocycles. The minimum Gasteiger partial charge on any atom is -0.494 e. The molecule has 0 saturated carbocycles. The number of H-pyrrole nitrogens is 1. The largest absolute Gasteiger partial charge is 0.494 e. The molecule has 2 heterocycles. The van der Waals surface area contributed by atoms with E-state index < -0.39 is 5.97 Å². The third kappa shape index (κ3) is 5.22. The van der Waals surface area contributed by atoms with Crippen molar-refractivity contribution >= 4 is 56.9 Å². The summed E-state index contributed by atoms with van der Waals surface area (Å²) in [4.78, 5) is 45.1. The standard InChI is InChI=1S/C21H24N4O5S2/c1-5-29-12-7-8-13-14(9-12)24-21(23-13)31-10-15(26)25-19-16(20(28)30-6-2)11(3)17(32-19)18(27)22-4/h7-9H,5-6,10H2,1-4H3,(H,22,27)(H,23,24)(H,25,26). The molecule has 11 heteroatoms. The van der Waals surface area contributed by atoms with Gasteiger partial charge in [0.25, 0.3) is 5.91 Å². The molecular formula is C21H24N4O5S2. The summed E-state index contributed by atoms with van der Waals surface area (Å²) in [7, 11) is 1.51. The molecule has 0 aliphatic rings. The van der Waals surface area contributed by atoms with Crippen molar-refractivity contribution in [3.8, 4) is 5.75 Å². The van der Waals surface area contributed by atoms with Crippen molar-refractivity contribution in [1.29, 1.82) is 0 Å². The molecule has 0 aliphatic heterocycles. The number of thiophene rings is 1. The maximum Gasteiger partial charge on any atom is 0.341 e. The Balaban J connectivity index is 1.73. The van der Waals surface area contributed by atoms with Gasteiger partial charge in [0.05, 0.1) is 40.4 Å². The molecule has 3 rings (SSSR count). The molecule has 0 bridgehead atoms. The lowest BCUT2D eigenvalue weighted by atomic mass is 10.1. The van der Waals surface area contributed by atoms with Crippen LogP contribution in [0, 0.1) is 6.92 Å². The lowest BCUT2D eigenvalue weighted by molar-refractivity contribution is -0.113. The number of fused-ring (bicyclic) bond motifs is 1.